The number of hydrogen-bond acceptors (Lipinski definition) is 3. The monoisotopic (exact) mass is 251 g/mol. The maximum absolute atomic E-state index is 11.5. The van der Waals surface area contributed by atoms with Crippen molar-refractivity contribution in [3.63, 3.8) is 0 Å². The van der Waals surface area contributed by atoms with Gasteiger partial charge in [-0.3, -0.25) is 4.79 Å². The second kappa shape index (κ2) is 7.32. The van der Waals surface area contributed by atoms with Crippen LogP contribution in [-0.4, -0.2) is 35.7 Å². The Balaban J connectivity index is 2.25. The minimum Gasteiger partial charge on any atom is -0.481 e. The Hall–Kier alpha value is -2.04. The molecule has 0 atom stereocenters. The van der Waals surface area contributed by atoms with E-state index in [9.17, 15) is 9.59 Å². The Labute approximate surface area is 106 Å². The van der Waals surface area contributed by atoms with Gasteiger partial charge in [-0.05, 0) is 12.0 Å². The number of carbonyl (C=O) groups is 2. The molecule has 5 nitrogen and oxygen atoms in total. The van der Waals surface area contributed by atoms with E-state index in [-0.39, 0.29) is 13.0 Å². The van der Waals surface area contributed by atoms with Crippen LogP contribution in [0.25, 0.3) is 0 Å². The summed E-state index contributed by atoms with van der Waals surface area (Å²) in [6, 6.07) is 9.39. The average Bonchev–Trinajstić information content (AvgIpc) is 2.36. The minimum absolute atomic E-state index is 0.0519. The quantitative estimate of drug-likeness (QED) is 0.841. The molecule has 1 rings (SSSR count). The highest BCUT2D eigenvalue weighted by molar-refractivity contribution is 5.68. The second-order valence-corrected chi connectivity index (χ2v) is 3.96. The van der Waals surface area contributed by atoms with Gasteiger partial charge in [-0.1, -0.05) is 30.3 Å². The van der Waals surface area contributed by atoms with Gasteiger partial charge < -0.3 is 14.7 Å². The highest BCUT2D eigenvalue weighted by Crippen LogP contribution is 2.03. The molecule has 0 unspecified atom stereocenters. The van der Waals surface area contributed by atoms with Gasteiger partial charge in [0.05, 0.1) is 0 Å². The van der Waals surface area contributed by atoms with Crippen LogP contribution in [-0.2, 0) is 16.1 Å². The first kappa shape index (κ1) is 14.0. The number of aliphatic carboxylic acids is 1. The van der Waals surface area contributed by atoms with E-state index in [1.54, 1.807) is 7.05 Å². The first-order valence-electron chi connectivity index (χ1n) is 5.73. The van der Waals surface area contributed by atoms with Gasteiger partial charge in [0, 0.05) is 20.0 Å². The van der Waals surface area contributed by atoms with E-state index in [0.717, 1.165) is 5.56 Å². The third-order valence-corrected chi connectivity index (χ3v) is 2.40. The lowest BCUT2D eigenvalue weighted by Crippen LogP contribution is -2.28. The Bertz CT molecular complexity index is 391. The standard InChI is InChI=1S/C13H17NO4/c1-14(9-5-8-12(15)16)13(17)18-10-11-6-3-2-4-7-11/h2-4,6-7H,5,8-10H2,1H3,(H,15,16). The van der Waals surface area contributed by atoms with E-state index in [4.69, 9.17) is 9.84 Å². The van der Waals surface area contributed by atoms with Crippen LogP contribution in [0, 0.1) is 0 Å². The van der Waals surface area contributed by atoms with Gasteiger partial charge in [-0.15, -0.1) is 0 Å². The smallest absolute Gasteiger partial charge is 0.409 e. The summed E-state index contributed by atoms with van der Waals surface area (Å²) in [6.45, 7) is 0.600. The van der Waals surface area contributed by atoms with Crippen molar-refractivity contribution in [1.29, 1.82) is 0 Å². The maximum atomic E-state index is 11.5. The zero-order valence-corrected chi connectivity index (χ0v) is 10.3. The van der Waals surface area contributed by atoms with Crippen LogP contribution in [0.4, 0.5) is 4.79 Å². The minimum atomic E-state index is -0.860. The summed E-state index contributed by atoms with van der Waals surface area (Å²) >= 11 is 0. The van der Waals surface area contributed by atoms with Crippen molar-refractivity contribution in [2.45, 2.75) is 19.4 Å². The fraction of sp³-hybridized carbons (Fsp3) is 0.385. The van der Waals surface area contributed by atoms with Crippen molar-refractivity contribution in [1.82, 2.24) is 4.90 Å². The molecular weight excluding hydrogens is 234 g/mol. The van der Waals surface area contributed by atoms with Crippen molar-refractivity contribution in [3.05, 3.63) is 35.9 Å². The molecule has 1 N–H and O–H groups in total. The van der Waals surface area contributed by atoms with E-state index in [1.807, 2.05) is 30.3 Å². The molecule has 0 fully saturated rings. The van der Waals surface area contributed by atoms with Gasteiger partial charge in [0.25, 0.3) is 0 Å². The molecule has 18 heavy (non-hydrogen) atoms. The molecule has 98 valence electrons. The van der Waals surface area contributed by atoms with Crippen LogP contribution >= 0.6 is 0 Å². The van der Waals surface area contributed by atoms with E-state index < -0.39 is 12.1 Å². The Morgan fingerprint density at radius 3 is 2.56 bits per heavy atom. The number of carbonyl (C=O) groups excluding carboxylic acids is 1. The summed E-state index contributed by atoms with van der Waals surface area (Å²) in [6.07, 6.45) is 0.0343. The lowest BCUT2D eigenvalue weighted by molar-refractivity contribution is -0.137. The molecule has 0 aliphatic heterocycles. The number of carboxylic acid groups (broad SMARTS) is 1. The van der Waals surface area contributed by atoms with Gasteiger partial charge >= 0.3 is 12.1 Å². The summed E-state index contributed by atoms with van der Waals surface area (Å²) in [7, 11) is 1.59. The molecule has 0 heterocycles. The number of rotatable bonds is 6. The molecule has 1 amide bonds. The molecule has 0 spiro atoms. The molecule has 0 radical (unpaired) electrons. The van der Waals surface area contributed by atoms with Crippen LogP contribution in [0.15, 0.2) is 30.3 Å². The summed E-state index contributed by atoms with van der Waals surface area (Å²) in [5.41, 5.74) is 0.921. The molecule has 5 heteroatoms. The highest BCUT2D eigenvalue weighted by Gasteiger charge is 2.10. The number of amides is 1. The summed E-state index contributed by atoms with van der Waals surface area (Å²) < 4.78 is 5.09. The van der Waals surface area contributed by atoms with Crippen LogP contribution in [0.1, 0.15) is 18.4 Å². The van der Waals surface area contributed by atoms with Crippen LogP contribution < -0.4 is 0 Å². The first-order valence-corrected chi connectivity index (χ1v) is 5.73. The first-order chi connectivity index (χ1) is 8.59. The summed E-state index contributed by atoms with van der Waals surface area (Å²) in [4.78, 5) is 23.3. The average molecular weight is 251 g/mol. The molecule has 0 saturated heterocycles. The SMILES string of the molecule is CN(CCCC(=O)O)C(=O)OCc1ccccc1. The van der Waals surface area contributed by atoms with Gasteiger partial charge in [0.15, 0.2) is 0 Å². The largest absolute Gasteiger partial charge is 0.481 e. The van der Waals surface area contributed by atoms with Crippen LogP contribution in [0.3, 0.4) is 0 Å². The number of hydrogen-bond donors (Lipinski definition) is 1. The zero-order chi connectivity index (χ0) is 13.4. The summed E-state index contributed by atoms with van der Waals surface area (Å²) in [5, 5.41) is 8.48. The predicted octanol–water partition coefficient (Wildman–Crippen LogP) is 2.12. The van der Waals surface area contributed by atoms with Gasteiger partial charge in [0.1, 0.15) is 6.61 Å². The third kappa shape index (κ3) is 5.34. The highest BCUT2D eigenvalue weighted by atomic mass is 16.6. The van der Waals surface area contributed by atoms with E-state index >= 15 is 0 Å². The molecule has 1 aromatic rings. The van der Waals surface area contributed by atoms with Crippen LogP contribution in [0.5, 0.6) is 0 Å². The fourth-order valence-corrected chi connectivity index (χ4v) is 1.39. The normalized spacial score (nSPS) is 9.83. The lowest BCUT2D eigenvalue weighted by Gasteiger charge is -2.16. The Morgan fingerprint density at radius 1 is 1.28 bits per heavy atom. The number of benzene rings is 1. The van der Waals surface area contributed by atoms with Crippen LogP contribution in [0.2, 0.25) is 0 Å². The molecule has 0 aliphatic carbocycles. The molecular formula is C13H17NO4. The summed E-state index contributed by atoms with van der Waals surface area (Å²) in [5.74, 6) is -0.860. The van der Waals surface area contributed by atoms with Crippen molar-refractivity contribution in [3.8, 4) is 0 Å². The molecule has 0 aliphatic rings. The second-order valence-electron chi connectivity index (χ2n) is 3.96. The Morgan fingerprint density at radius 2 is 1.94 bits per heavy atom. The third-order valence-electron chi connectivity index (χ3n) is 2.40. The molecule has 0 saturated carbocycles. The van der Waals surface area contributed by atoms with Crippen molar-refractivity contribution in [2.24, 2.45) is 0 Å². The van der Waals surface area contributed by atoms with Gasteiger partial charge in [0.2, 0.25) is 0 Å². The Kier molecular flexibility index (Phi) is 5.70. The lowest BCUT2D eigenvalue weighted by atomic mass is 10.2. The van der Waals surface area contributed by atoms with Gasteiger partial charge in [-0.25, -0.2) is 4.79 Å². The number of ether oxygens (including phenoxy) is 1. The maximum Gasteiger partial charge on any atom is 0.409 e. The van der Waals surface area contributed by atoms with Crippen molar-refractivity contribution >= 4 is 12.1 Å². The van der Waals surface area contributed by atoms with Crippen molar-refractivity contribution in [2.75, 3.05) is 13.6 Å². The number of nitrogens with zero attached hydrogens (tertiary/aromatic N) is 1. The fourth-order valence-electron chi connectivity index (χ4n) is 1.39. The molecule has 0 aromatic heterocycles. The van der Waals surface area contributed by atoms with Crippen molar-refractivity contribution < 1.29 is 19.4 Å². The predicted molar refractivity (Wildman–Crippen MR) is 66.1 cm³/mol. The van der Waals surface area contributed by atoms with E-state index in [0.29, 0.717) is 13.0 Å². The number of carboxylic acids is 1. The molecule has 1 aromatic carbocycles. The van der Waals surface area contributed by atoms with Gasteiger partial charge in [-0.2, -0.15) is 0 Å². The molecule has 0 bridgehead atoms. The van der Waals surface area contributed by atoms with E-state index in [1.165, 1.54) is 4.90 Å². The topological polar surface area (TPSA) is 66.8 Å². The zero-order valence-electron chi connectivity index (χ0n) is 10.3. The van der Waals surface area contributed by atoms with E-state index in [2.05, 4.69) is 0 Å².